The number of piperidine rings is 1. The fourth-order valence-corrected chi connectivity index (χ4v) is 2.42. The SMILES string of the molecule is O=C(CN1CCCCC1=O)NCCc1ccc(C(=O)O)cc1. The first-order valence-corrected chi connectivity index (χ1v) is 7.43. The van der Waals surface area contributed by atoms with E-state index in [1.165, 1.54) is 0 Å². The van der Waals surface area contributed by atoms with Gasteiger partial charge in [-0.3, -0.25) is 9.59 Å². The number of nitrogens with one attached hydrogen (secondary N) is 1. The van der Waals surface area contributed by atoms with E-state index in [2.05, 4.69) is 5.32 Å². The van der Waals surface area contributed by atoms with E-state index in [4.69, 9.17) is 5.11 Å². The van der Waals surface area contributed by atoms with Gasteiger partial charge in [0.25, 0.3) is 0 Å². The van der Waals surface area contributed by atoms with Gasteiger partial charge < -0.3 is 15.3 Å². The summed E-state index contributed by atoms with van der Waals surface area (Å²) in [4.78, 5) is 35.8. The van der Waals surface area contributed by atoms with Crippen LogP contribution in [0.3, 0.4) is 0 Å². The van der Waals surface area contributed by atoms with E-state index < -0.39 is 5.97 Å². The number of aromatic carboxylic acids is 1. The number of rotatable bonds is 6. The number of carbonyl (C=O) groups excluding carboxylic acids is 2. The van der Waals surface area contributed by atoms with Gasteiger partial charge in [-0.05, 0) is 37.0 Å². The molecule has 1 fully saturated rings. The average molecular weight is 304 g/mol. The lowest BCUT2D eigenvalue weighted by molar-refractivity contribution is -0.137. The number of nitrogens with zero attached hydrogens (tertiary/aromatic N) is 1. The summed E-state index contributed by atoms with van der Waals surface area (Å²) in [5.74, 6) is -1.06. The Bertz CT molecular complexity index is 554. The van der Waals surface area contributed by atoms with Crippen molar-refractivity contribution in [3.8, 4) is 0 Å². The molecule has 0 radical (unpaired) electrons. The highest BCUT2D eigenvalue weighted by Crippen LogP contribution is 2.09. The number of hydrogen-bond donors (Lipinski definition) is 2. The normalized spacial score (nSPS) is 14.7. The minimum atomic E-state index is -0.953. The maximum Gasteiger partial charge on any atom is 0.335 e. The minimum Gasteiger partial charge on any atom is -0.478 e. The zero-order valence-corrected chi connectivity index (χ0v) is 12.4. The average Bonchev–Trinajstić information content (AvgIpc) is 2.50. The lowest BCUT2D eigenvalue weighted by atomic mass is 10.1. The fraction of sp³-hybridized carbons (Fsp3) is 0.438. The third-order valence-electron chi connectivity index (χ3n) is 3.69. The predicted octanol–water partition coefficient (Wildman–Crippen LogP) is 1.06. The molecule has 0 aromatic heterocycles. The smallest absolute Gasteiger partial charge is 0.335 e. The summed E-state index contributed by atoms with van der Waals surface area (Å²) >= 11 is 0. The van der Waals surface area contributed by atoms with E-state index in [1.807, 2.05) is 0 Å². The molecule has 2 amide bonds. The monoisotopic (exact) mass is 304 g/mol. The topological polar surface area (TPSA) is 86.7 Å². The Hall–Kier alpha value is -2.37. The number of carboxylic acid groups (broad SMARTS) is 1. The summed E-state index contributed by atoms with van der Waals surface area (Å²) in [6.07, 6.45) is 3.01. The summed E-state index contributed by atoms with van der Waals surface area (Å²) in [5, 5.41) is 11.6. The summed E-state index contributed by atoms with van der Waals surface area (Å²) in [6, 6.07) is 6.57. The Balaban J connectivity index is 1.72. The van der Waals surface area contributed by atoms with Gasteiger partial charge in [0.2, 0.25) is 11.8 Å². The second-order valence-electron chi connectivity index (χ2n) is 5.37. The van der Waals surface area contributed by atoms with Crippen LogP contribution >= 0.6 is 0 Å². The lowest BCUT2D eigenvalue weighted by Gasteiger charge is -2.25. The van der Waals surface area contributed by atoms with Crippen LogP contribution in [0.25, 0.3) is 0 Å². The first-order chi connectivity index (χ1) is 10.6. The molecule has 0 spiro atoms. The van der Waals surface area contributed by atoms with Gasteiger partial charge in [0.05, 0.1) is 12.1 Å². The quantitative estimate of drug-likeness (QED) is 0.822. The third kappa shape index (κ3) is 4.58. The van der Waals surface area contributed by atoms with Crippen molar-refractivity contribution in [3.05, 3.63) is 35.4 Å². The van der Waals surface area contributed by atoms with E-state index in [-0.39, 0.29) is 23.9 Å². The Morgan fingerprint density at radius 3 is 2.55 bits per heavy atom. The molecule has 22 heavy (non-hydrogen) atoms. The summed E-state index contributed by atoms with van der Waals surface area (Å²) < 4.78 is 0. The molecule has 6 nitrogen and oxygen atoms in total. The maximum atomic E-state index is 11.8. The van der Waals surface area contributed by atoms with Crippen LogP contribution in [0.4, 0.5) is 0 Å². The second-order valence-corrected chi connectivity index (χ2v) is 5.37. The second kappa shape index (κ2) is 7.59. The molecule has 1 aromatic rings. The van der Waals surface area contributed by atoms with Crippen molar-refractivity contribution in [1.82, 2.24) is 10.2 Å². The zero-order valence-electron chi connectivity index (χ0n) is 12.4. The lowest BCUT2D eigenvalue weighted by Crippen LogP contribution is -2.43. The van der Waals surface area contributed by atoms with Crippen molar-refractivity contribution in [3.63, 3.8) is 0 Å². The fourth-order valence-electron chi connectivity index (χ4n) is 2.42. The first kappa shape index (κ1) is 16.0. The Labute approximate surface area is 129 Å². The molecule has 1 aromatic carbocycles. The standard InChI is InChI=1S/C16H20N2O4/c19-14(11-18-10-2-1-3-15(18)20)17-9-8-12-4-6-13(7-5-12)16(21)22/h4-7H,1-3,8-11H2,(H,17,19)(H,21,22). The highest BCUT2D eigenvalue weighted by molar-refractivity contribution is 5.87. The molecule has 2 rings (SSSR count). The Morgan fingerprint density at radius 1 is 1.18 bits per heavy atom. The molecule has 1 heterocycles. The summed E-state index contributed by atoms with van der Waals surface area (Å²) in [7, 11) is 0. The molecule has 0 unspecified atom stereocenters. The molecule has 0 atom stereocenters. The van der Waals surface area contributed by atoms with E-state index >= 15 is 0 Å². The minimum absolute atomic E-state index is 0.0469. The van der Waals surface area contributed by atoms with E-state index in [1.54, 1.807) is 29.2 Å². The third-order valence-corrected chi connectivity index (χ3v) is 3.69. The van der Waals surface area contributed by atoms with Crippen LogP contribution in [-0.2, 0) is 16.0 Å². The summed E-state index contributed by atoms with van der Waals surface area (Å²) in [5.41, 5.74) is 1.20. The highest BCUT2D eigenvalue weighted by atomic mass is 16.4. The van der Waals surface area contributed by atoms with Crippen molar-refractivity contribution in [2.45, 2.75) is 25.7 Å². The van der Waals surface area contributed by atoms with Crippen LogP contribution in [0.15, 0.2) is 24.3 Å². The van der Waals surface area contributed by atoms with Crippen molar-refractivity contribution in [2.75, 3.05) is 19.6 Å². The molecular weight excluding hydrogens is 284 g/mol. The van der Waals surface area contributed by atoms with Gasteiger partial charge >= 0.3 is 5.97 Å². The maximum absolute atomic E-state index is 11.8. The first-order valence-electron chi connectivity index (χ1n) is 7.43. The van der Waals surface area contributed by atoms with Gasteiger partial charge in [0.1, 0.15) is 0 Å². The van der Waals surface area contributed by atoms with Gasteiger partial charge in [-0.15, -0.1) is 0 Å². The number of amides is 2. The van der Waals surface area contributed by atoms with Gasteiger partial charge in [-0.2, -0.15) is 0 Å². The summed E-state index contributed by atoms with van der Waals surface area (Å²) in [6.45, 7) is 1.24. The molecule has 1 saturated heterocycles. The number of carboxylic acids is 1. The van der Waals surface area contributed by atoms with Gasteiger partial charge in [-0.1, -0.05) is 12.1 Å². The van der Waals surface area contributed by atoms with Crippen molar-refractivity contribution in [2.24, 2.45) is 0 Å². The van der Waals surface area contributed by atoms with Gasteiger partial charge in [-0.25, -0.2) is 4.79 Å². The Kier molecular flexibility index (Phi) is 5.52. The van der Waals surface area contributed by atoms with Crippen LogP contribution in [0.2, 0.25) is 0 Å². The number of hydrogen-bond acceptors (Lipinski definition) is 3. The molecule has 0 aliphatic carbocycles. The van der Waals surface area contributed by atoms with Crippen molar-refractivity contribution in [1.29, 1.82) is 0 Å². The Morgan fingerprint density at radius 2 is 1.91 bits per heavy atom. The molecule has 1 aliphatic rings. The molecule has 118 valence electrons. The van der Waals surface area contributed by atoms with E-state index in [9.17, 15) is 14.4 Å². The number of carbonyl (C=O) groups is 3. The van der Waals surface area contributed by atoms with Crippen LogP contribution in [0, 0.1) is 0 Å². The molecular formula is C16H20N2O4. The van der Waals surface area contributed by atoms with E-state index in [0.29, 0.717) is 25.9 Å². The van der Waals surface area contributed by atoms with Crippen molar-refractivity contribution < 1.29 is 19.5 Å². The predicted molar refractivity (Wildman–Crippen MR) is 80.5 cm³/mol. The molecule has 2 N–H and O–H groups in total. The molecule has 6 heteroatoms. The highest BCUT2D eigenvalue weighted by Gasteiger charge is 2.19. The largest absolute Gasteiger partial charge is 0.478 e. The van der Waals surface area contributed by atoms with Gasteiger partial charge in [0.15, 0.2) is 0 Å². The molecule has 0 bridgehead atoms. The van der Waals surface area contributed by atoms with Crippen LogP contribution in [-0.4, -0.2) is 47.4 Å². The molecule has 0 saturated carbocycles. The number of likely N-dealkylation sites (tertiary alicyclic amines) is 1. The van der Waals surface area contributed by atoms with Crippen LogP contribution in [0.1, 0.15) is 35.2 Å². The van der Waals surface area contributed by atoms with Crippen molar-refractivity contribution >= 4 is 17.8 Å². The van der Waals surface area contributed by atoms with E-state index in [0.717, 1.165) is 18.4 Å². The van der Waals surface area contributed by atoms with Gasteiger partial charge in [0, 0.05) is 19.5 Å². The van der Waals surface area contributed by atoms with Crippen LogP contribution < -0.4 is 5.32 Å². The molecule has 1 aliphatic heterocycles. The number of benzene rings is 1. The van der Waals surface area contributed by atoms with Crippen LogP contribution in [0.5, 0.6) is 0 Å². The zero-order chi connectivity index (χ0) is 15.9.